The van der Waals surface area contributed by atoms with Gasteiger partial charge in [-0.3, -0.25) is 9.78 Å². The first kappa shape index (κ1) is 17.9. The number of rotatable bonds is 5. The van der Waals surface area contributed by atoms with Crippen LogP contribution in [0.25, 0.3) is 11.0 Å². The fraction of sp³-hybridized carbons (Fsp3) is 0.286. The van der Waals surface area contributed by atoms with Gasteiger partial charge in [-0.15, -0.1) is 0 Å². The molecule has 3 rings (SSSR count). The molecular formula is C21H22N2O3. The average Bonchev–Trinajstić information content (AvgIpc) is 2.56. The highest BCUT2D eigenvalue weighted by atomic mass is 16.4. The van der Waals surface area contributed by atoms with Crippen LogP contribution in [0.2, 0.25) is 0 Å². The van der Waals surface area contributed by atoms with Crippen molar-refractivity contribution >= 4 is 16.9 Å². The second-order valence-corrected chi connectivity index (χ2v) is 6.71. The Morgan fingerprint density at radius 1 is 1.23 bits per heavy atom. The summed E-state index contributed by atoms with van der Waals surface area (Å²) >= 11 is 0. The van der Waals surface area contributed by atoms with E-state index >= 15 is 0 Å². The van der Waals surface area contributed by atoms with Crippen LogP contribution in [0.5, 0.6) is 0 Å². The summed E-state index contributed by atoms with van der Waals surface area (Å²) in [5.74, 6) is -0.126. The molecule has 0 aliphatic carbocycles. The lowest BCUT2D eigenvalue weighted by molar-refractivity contribution is -0.121. The lowest BCUT2D eigenvalue weighted by atomic mass is 10.0. The average molecular weight is 350 g/mol. The van der Waals surface area contributed by atoms with E-state index in [1.807, 2.05) is 51.1 Å². The molecule has 0 saturated heterocycles. The second kappa shape index (κ2) is 7.52. The molecule has 2 heterocycles. The summed E-state index contributed by atoms with van der Waals surface area (Å²) in [4.78, 5) is 28.6. The van der Waals surface area contributed by atoms with Gasteiger partial charge in [0.1, 0.15) is 5.58 Å². The maximum atomic E-state index is 12.5. The molecule has 3 aromatic rings. The van der Waals surface area contributed by atoms with Gasteiger partial charge in [0.05, 0.1) is 6.42 Å². The van der Waals surface area contributed by atoms with Gasteiger partial charge in [0.25, 0.3) is 0 Å². The van der Waals surface area contributed by atoms with Gasteiger partial charge in [-0.1, -0.05) is 18.2 Å². The number of nitrogens with zero attached hydrogens (tertiary/aromatic N) is 1. The molecule has 0 aliphatic heterocycles. The van der Waals surface area contributed by atoms with Crippen molar-refractivity contribution in [3.05, 3.63) is 75.4 Å². The van der Waals surface area contributed by atoms with E-state index in [2.05, 4.69) is 10.3 Å². The zero-order valence-corrected chi connectivity index (χ0v) is 15.2. The largest absolute Gasteiger partial charge is 0.423 e. The molecule has 1 N–H and O–H groups in total. The Labute approximate surface area is 152 Å². The molecular weight excluding hydrogens is 328 g/mol. The Hall–Kier alpha value is -2.95. The van der Waals surface area contributed by atoms with Crippen molar-refractivity contribution in [3.8, 4) is 0 Å². The molecule has 134 valence electrons. The van der Waals surface area contributed by atoms with E-state index in [0.717, 1.165) is 22.2 Å². The van der Waals surface area contributed by atoms with Crippen LogP contribution in [0.1, 0.15) is 29.3 Å². The van der Waals surface area contributed by atoms with Crippen molar-refractivity contribution in [2.75, 3.05) is 0 Å². The van der Waals surface area contributed by atoms with Crippen LogP contribution < -0.4 is 10.9 Å². The molecule has 0 aliphatic rings. The summed E-state index contributed by atoms with van der Waals surface area (Å²) in [5.41, 5.74) is 3.83. The van der Waals surface area contributed by atoms with Crippen LogP contribution >= 0.6 is 0 Å². The topological polar surface area (TPSA) is 72.2 Å². The lowest BCUT2D eigenvalue weighted by Gasteiger charge is -2.15. The van der Waals surface area contributed by atoms with Gasteiger partial charge in [0, 0.05) is 35.8 Å². The standard InChI is InChI=1S/C21H22N2O3/c1-13-6-7-17-16(12-21(25)26-19(17)9-13)11-20(24)23-15(3)10-18-14(2)5-4-8-22-18/h4-9,12,15H,10-11H2,1-3H3,(H,23,24). The fourth-order valence-electron chi connectivity index (χ4n) is 3.06. The predicted octanol–water partition coefficient (Wildman–Crippen LogP) is 3.09. The van der Waals surface area contributed by atoms with Gasteiger partial charge in [0.15, 0.2) is 0 Å². The van der Waals surface area contributed by atoms with E-state index in [1.54, 1.807) is 6.20 Å². The zero-order chi connectivity index (χ0) is 18.7. The minimum Gasteiger partial charge on any atom is -0.423 e. The highest BCUT2D eigenvalue weighted by molar-refractivity contribution is 5.87. The van der Waals surface area contributed by atoms with Crippen LogP contribution in [0.15, 0.2) is 51.8 Å². The first-order valence-electron chi connectivity index (χ1n) is 8.65. The number of fused-ring (bicyclic) bond motifs is 1. The lowest BCUT2D eigenvalue weighted by Crippen LogP contribution is -2.35. The van der Waals surface area contributed by atoms with Crippen LogP contribution in [0.4, 0.5) is 0 Å². The van der Waals surface area contributed by atoms with E-state index < -0.39 is 5.63 Å². The van der Waals surface area contributed by atoms with Crippen molar-refractivity contribution in [3.63, 3.8) is 0 Å². The SMILES string of the molecule is Cc1ccc2c(CC(=O)NC(C)Cc3ncccc3C)cc(=O)oc2c1. The highest BCUT2D eigenvalue weighted by Crippen LogP contribution is 2.19. The third kappa shape index (κ3) is 4.17. The van der Waals surface area contributed by atoms with Crippen molar-refractivity contribution in [2.45, 2.75) is 39.7 Å². The van der Waals surface area contributed by atoms with Gasteiger partial charge in [0.2, 0.25) is 5.91 Å². The van der Waals surface area contributed by atoms with Gasteiger partial charge in [-0.05, 0) is 49.6 Å². The first-order valence-corrected chi connectivity index (χ1v) is 8.65. The maximum absolute atomic E-state index is 12.5. The molecule has 26 heavy (non-hydrogen) atoms. The first-order chi connectivity index (χ1) is 12.4. The van der Waals surface area contributed by atoms with Crippen molar-refractivity contribution in [2.24, 2.45) is 0 Å². The molecule has 0 saturated carbocycles. The molecule has 0 radical (unpaired) electrons. The van der Waals surface area contributed by atoms with E-state index in [4.69, 9.17) is 4.42 Å². The number of hydrogen-bond acceptors (Lipinski definition) is 4. The fourth-order valence-corrected chi connectivity index (χ4v) is 3.06. The normalized spacial score (nSPS) is 12.1. The van der Waals surface area contributed by atoms with E-state index in [0.29, 0.717) is 17.6 Å². The molecule has 1 unspecified atom stereocenters. The number of hydrogen-bond donors (Lipinski definition) is 1. The third-order valence-electron chi connectivity index (χ3n) is 4.36. The zero-order valence-electron chi connectivity index (χ0n) is 15.2. The Morgan fingerprint density at radius 2 is 2.04 bits per heavy atom. The summed E-state index contributed by atoms with van der Waals surface area (Å²) in [6.07, 6.45) is 2.56. The number of nitrogens with one attached hydrogen (secondary N) is 1. The van der Waals surface area contributed by atoms with Crippen molar-refractivity contribution in [1.29, 1.82) is 0 Å². The summed E-state index contributed by atoms with van der Waals surface area (Å²) in [6.45, 7) is 5.89. The van der Waals surface area contributed by atoms with Crippen molar-refractivity contribution < 1.29 is 9.21 Å². The summed E-state index contributed by atoms with van der Waals surface area (Å²) in [7, 11) is 0. The summed E-state index contributed by atoms with van der Waals surface area (Å²) in [6, 6.07) is 10.9. The van der Waals surface area contributed by atoms with Crippen LogP contribution in [0, 0.1) is 13.8 Å². The Balaban J connectivity index is 1.73. The molecule has 1 amide bonds. The monoisotopic (exact) mass is 350 g/mol. The molecule has 5 nitrogen and oxygen atoms in total. The molecule has 5 heteroatoms. The van der Waals surface area contributed by atoms with Crippen LogP contribution in [0.3, 0.4) is 0 Å². The second-order valence-electron chi connectivity index (χ2n) is 6.71. The summed E-state index contributed by atoms with van der Waals surface area (Å²) < 4.78 is 5.24. The third-order valence-corrected chi connectivity index (χ3v) is 4.36. The number of aryl methyl sites for hydroxylation is 2. The molecule has 2 aromatic heterocycles. The molecule has 0 fully saturated rings. The van der Waals surface area contributed by atoms with Crippen LogP contribution in [-0.2, 0) is 17.6 Å². The van der Waals surface area contributed by atoms with Gasteiger partial charge < -0.3 is 9.73 Å². The number of benzene rings is 1. The Bertz CT molecular complexity index is 1010. The van der Waals surface area contributed by atoms with Gasteiger partial charge in [-0.25, -0.2) is 4.79 Å². The highest BCUT2D eigenvalue weighted by Gasteiger charge is 2.14. The van der Waals surface area contributed by atoms with Crippen molar-refractivity contribution in [1.82, 2.24) is 10.3 Å². The number of pyridine rings is 1. The maximum Gasteiger partial charge on any atom is 0.336 e. The van der Waals surface area contributed by atoms with E-state index in [1.165, 1.54) is 6.07 Å². The van der Waals surface area contributed by atoms with Gasteiger partial charge in [-0.2, -0.15) is 0 Å². The predicted molar refractivity (Wildman–Crippen MR) is 101 cm³/mol. The number of aromatic nitrogens is 1. The quantitative estimate of drug-likeness (QED) is 0.718. The van der Waals surface area contributed by atoms with Crippen LogP contribution in [-0.4, -0.2) is 16.9 Å². The Kier molecular flexibility index (Phi) is 5.16. The smallest absolute Gasteiger partial charge is 0.336 e. The molecule has 0 spiro atoms. The summed E-state index contributed by atoms with van der Waals surface area (Å²) in [5, 5.41) is 3.78. The Morgan fingerprint density at radius 3 is 2.81 bits per heavy atom. The number of carbonyl (C=O) groups excluding carboxylic acids is 1. The minimum absolute atomic E-state index is 0.0512. The van der Waals surface area contributed by atoms with E-state index in [-0.39, 0.29) is 18.4 Å². The molecule has 1 aromatic carbocycles. The number of carbonyl (C=O) groups is 1. The molecule has 0 bridgehead atoms. The van der Waals surface area contributed by atoms with Gasteiger partial charge >= 0.3 is 5.63 Å². The molecule has 1 atom stereocenters. The number of amides is 1. The van der Waals surface area contributed by atoms with E-state index in [9.17, 15) is 9.59 Å². The minimum atomic E-state index is -0.442.